The zero-order valence-electron chi connectivity index (χ0n) is 11.3. The number of hydrogen-bond donors (Lipinski definition) is 1. The van der Waals surface area contributed by atoms with E-state index in [0.717, 1.165) is 15.8 Å². The molecule has 0 aliphatic heterocycles. The zero-order chi connectivity index (χ0) is 14.2. The van der Waals surface area contributed by atoms with Crippen LogP contribution in [0.1, 0.15) is 11.7 Å². The molecule has 0 radical (unpaired) electrons. The van der Waals surface area contributed by atoms with E-state index in [2.05, 4.69) is 21.1 Å². The number of methoxy groups -OCH3 is 1. The molecule has 0 spiro atoms. The van der Waals surface area contributed by atoms with Gasteiger partial charge in [0.05, 0.1) is 28.3 Å². The van der Waals surface area contributed by atoms with Gasteiger partial charge in [-0.1, -0.05) is 12.1 Å². The topological polar surface area (TPSA) is 69.6 Å². The smallest absolute Gasteiger partial charge is 0.128 e. The van der Waals surface area contributed by atoms with Gasteiger partial charge >= 0.3 is 0 Å². The van der Waals surface area contributed by atoms with E-state index in [1.54, 1.807) is 7.11 Å². The summed E-state index contributed by atoms with van der Waals surface area (Å²) in [6.45, 7) is 0.188. The number of aliphatic hydroxyl groups excluding tert-OH is 1. The summed E-state index contributed by atoms with van der Waals surface area (Å²) in [5.41, 5.74) is 0.905. The van der Waals surface area contributed by atoms with E-state index < -0.39 is 12.6 Å². The van der Waals surface area contributed by atoms with Gasteiger partial charge < -0.3 is 24.2 Å². The van der Waals surface area contributed by atoms with Crippen molar-refractivity contribution in [3.63, 3.8) is 0 Å². The van der Waals surface area contributed by atoms with Gasteiger partial charge in [0.2, 0.25) is 0 Å². The highest BCUT2D eigenvalue weighted by Crippen LogP contribution is 2.20. The van der Waals surface area contributed by atoms with Crippen molar-refractivity contribution < 1.29 is 24.2 Å². The Hall–Kier alpha value is -1.59. The van der Waals surface area contributed by atoms with Gasteiger partial charge in [0.25, 0.3) is 0 Å². The predicted octanol–water partition coefficient (Wildman–Crippen LogP) is -0.199. The first-order chi connectivity index (χ1) is 8.34. The van der Waals surface area contributed by atoms with Crippen LogP contribution in [0.25, 0.3) is 0 Å². The molecule has 0 aliphatic carbocycles. The molecule has 18 heavy (non-hydrogen) atoms. The Labute approximate surface area is 108 Å². The molecule has 0 aliphatic rings. The van der Waals surface area contributed by atoms with Crippen molar-refractivity contribution >= 4 is 6.47 Å². The fourth-order valence-corrected chi connectivity index (χ4v) is 1.47. The molecule has 0 fully saturated rings. The van der Waals surface area contributed by atoms with Gasteiger partial charge in [-0.05, 0) is 17.7 Å². The normalized spacial score (nSPS) is 12.1. The van der Waals surface area contributed by atoms with Crippen molar-refractivity contribution in [2.75, 3.05) is 34.8 Å². The lowest BCUT2D eigenvalue weighted by molar-refractivity contribution is -0.874. The predicted molar refractivity (Wildman–Crippen MR) is 66.9 cm³/mol. The number of hydrogen-bond acceptors (Lipinski definition) is 4. The van der Waals surface area contributed by atoms with Crippen molar-refractivity contribution in [2.45, 2.75) is 6.10 Å². The zero-order valence-corrected chi connectivity index (χ0v) is 11.3. The number of nitrogens with zero attached hydrogens (tertiary/aromatic N) is 1. The van der Waals surface area contributed by atoms with Crippen LogP contribution in [0.2, 0.25) is 0 Å². The van der Waals surface area contributed by atoms with Gasteiger partial charge in [0.1, 0.15) is 18.4 Å². The average Bonchev–Trinajstić information content (AvgIpc) is 2.28. The van der Waals surface area contributed by atoms with Crippen LogP contribution in [0.4, 0.5) is 0 Å². The van der Waals surface area contributed by atoms with Crippen molar-refractivity contribution in [1.29, 1.82) is 0 Å². The van der Waals surface area contributed by atoms with Crippen LogP contribution in [0.15, 0.2) is 24.3 Å². The first-order valence-corrected chi connectivity index (χ1v) is 5.52. The molecule has 5 nitrogen and oxygen atoms in total. The van der Waals surface area contributed by atoms with Crippen LogP contribution in [0.5, 0.6) is 5.75 Å². The van der Waals surface area contributed by atoms with E-state index in [9.17, 15) is 5.11 Å². The number of likely N-dealkylation sites (N-methyl/N-ethyl adjacent to an activating group) is 1. The standard InChI is InChI=1S/C12H20NO2.CH2O2/c1-13(2,3)9-12(14)10-6-5-7-11(8-10)15-4;2-1-3/h5-8,12,14H,9H2,1-4H3;1H,(H,2,3)/q+1;/p-1. The number of aliphatic hydroxyl groups is 1. The minimum atomic E-state index is -0.500. The van der Waals surface area contributed by atoms with Crippen molar-refractivity contribution in [3.8, 4) is 5.75 Å². The number of carbonyl (C=O) groups is 1. The third kappa shape index (κ3) is 6.88. The number of benzene rings is 1. The van der Waals surface area contributed by atoms with Gasteiger partial charge in [0.15, 0.2) is 0 Å². The molecular formula is C13H21NO4. The Morgan fingerprint density at radius 3 is 2.44 bits per heavy atom. The summed E-state index contributed by atoms with van der Waals surface area (Å²) in [6, 6.07) is 7.57. The van der Waals surface area contributed by atoms with Gasteiger partial charge in [0, 0.05) is 6.47 Å². The summed E-state index contributed by atoms with van der Waals surface area (Å²) in [7, 11) is 7.81. The Kier molecular flexibility index (Phi) is 7.00. The van der Waals surface area contributed by atoms with Gasteiger partial charge in [-0.25, -0.2) is 0 Å². The molecule has 1 rings (SSSR count). The van der Waals surface area contributed by atoms with Crippen LogP contribution in [0, 0.1) is 0 Å². The summed E-state index contributed by atoms with van der Waals surface area (Å²) in [5.74, 6) is 0.785. The Balaban J connectivity index is 0.000000873. The molecule has 0 heterocycles. The molecule has 5 heteroatoms. The molecule has 1 atom stereocenters. The number of ether oxygens (including phenoxy) is 1. The SMILES string of the molecule is COc1cccc(C(O)C[N+](C)(C)C)c1.O=C[O-]. The number of rotatable bonds is 4. The quantitative estimate of drug-likeness (QED) is 0.597. The number of quaternary nitrogens is 1. The summed E-state index contributed by atoms with van der Waals surface area (Å²) in [6.07, 6.45) is -0.444. The van der Waals surface area contributed by atoms with Crippen LogP contribution in [-0.2, 0) is 4.79 Å². The summed E-state index contributed by atoms with van der Waals surface area (Å²) in [5, 5.41) is 18.3. The van der Waals surface area contributed by atoms with Crippen LogP contribution >= 0.6 is 0 Å². The monoisotopic (exact) mass is 255 g/mol. The third-order valence-corrected chi connectivity index (χ3v) is 2.20. The molecule has 1 N–H and O–H groups in total. The van der Waals surface area contributed by atoms with Crippen molar-refractivity contribution in [1.82, 2.24) is 0 Å². The molecule has 0 amide bonds. The van der Waals surface area contributed by atoms with E-state index in [-0.39, 0.29) is 0 Å². The lowest BCUT2D eigenvalue weighted by Gasteiger charge is -2.26. The highest BCUT2D eigenvalue weighted by molar-refractivity contribution is 5.30. The molecular weight excluding hydrogens is 234 g/mol. The maximum atomic E-state index is 10.0. The first-order valence-electron chi connectivity index (χ1n) is 5.52. The second-order valence-corrected chi connectivity index (χ2v) is 4.86. The second-order valence-electron chi connectivity index (χ2n) is 4.86. The fourth-order valence-electron chi connectivity index (χ4n) is 1.47. The summed E-state index contributed by atoms with van der Waals surface area (Å²) < 4.78 is 5.85. The van der Waals surface area contributed by atoms with E-state index in [1.807, 2.05) is 24.3 Å². The summed E-state index contributed by atoms with van der Waals surface area (Å²) in [4.78, 5) is 8.25. The van der Waals surface area contributed by atoms with Crippen LogP contribution < -0.4 is 9.84 Å². The minimum Gasteiger partial charge on any atom is -0.554 e. The van der Waals surface area contributed by atoms with Crippen molar-refractivity contribution in [3.05, 3.63) is 29.8 Å². The molecule has 102 valence electrons. The lowest BCUT2D eigenvalue weighted by Crippen LogP contribution is -2.38. The van der Waals surface area contributed by atoms with E-state index in [1.165, 1.54) is 0 Å². The lowest BCUT2D eigenvalue weighted by atomic mass is 10.1. The van der Waals surface area contributed by atoms with Gasteiger partial charge in [-0.2, -0.15) is 0 Å². The molecule has 0 aromatic heterocycles. The van der Waals surface area contributed by atoms with E-state index >= 15 is 0 Å². The van der Waals surface area contributed by atoms with Gasteiger partial charge in [-0.15, -0.1) is 0 Å². The Morgan fingerprint density at radius 1 is 1.44 bits per heavy atom. The molecule has 0 saturated heterocycles. The third-order valence-electron chi connectivity index (χ3n) is 2.20. The van der Waals surface area contributed by atoms with Crippen LogP contribution in [-0.4, -0.2) is 50.9 Å². The highest BCUT2D eigenvalue weighted by atomic mass is 16.5. The maximum Gasteiger partial charge on any atom is 0.128 e. The molecule has 1 aromatic carbocycles. The maximum absolute atomic E-state index is 10.0. The van der Waals surface area contributed by atoms with Crippen LogP contribution in [0.3, 0.4) is 0 Å². The molecule has 1 aromatic rings. The number of carbonyl (C=O) groups excluding carboxylic acids is 1. The fraction of sp³-hybridized carbons (Fsp3) is 0.462. The molecule has 0 bridgehead atoms. The first kappa shape index (κ1) is 16.4. The molecule has 0 saturated carbocycles. The summed E-state index contributed by atoms with van der Waals surface area (Å²) >= 11 is 0. The van der Waals surface area contributed by atoms with Gasteiger partial charge in [-0.3, -0.25) is 0 Å². The van der Waals surface area contributed by atoms with E-state index in [0.29, 0.717) is 6.54 Å². The minimum absolute atomic E-state index is 0.444. The van der Waals surface area contributed by atoms with E-state index in [4.69, 9.17) is 14.6 Å². The number of carboxylic acid groups (broad SMARTS) is 1. The Bertz CT molecular complexity index is 360. The highest BCUT2D eigenvalue weighted by Gasteiger charge is 2.17. The largest absolute Gasteiger partial charge is 0.554 e. The molecule has 1 unspecified atom stereocenters. The second kappa shape index (κ2) is 7.68. The van der Waals surface area contributed by atoms with Crippen molar-refractivity contribution in [2.24, 2.45) is 0 Å². The Morgan fingerprint density at radius 2 is 2.00 bits per heavy atom. The average molecular weight is 255 g/mol.